The molecule has 2 fully saturated rings. The minimum Gasteiger partial charge on any atom is -0.465 e. The normalized spacial score (nSPS) is 20.2. The van der Waals surface area contributed by atoms with E-state index < -0.39 is 6.09 Å². The average molecular weight is 246 g/mol. The topological polar surface area (TPSA) is 60.9 Å². The highest BCUT2D eigenvalue weighted by atomic mass is 16.4. The van der Waals surface area contributed by atoms with Crippen molar-refractivity contribution in [3.05, 3.63) is 35.9 Å². The Morgan fingerprint density at radius 1 is 1.00 bits per heavy atom. The number of hydrogen-bond donors (Lipinski definition) is 1. The van der Waals surface area contributed by atoms with Crippen LogP contribution in [0.2, 0.25) is 0 Å². The molecule has 5 heteroatoms. The molecule has 0 atom stereocenters. The van der Waals surface area contributed by atoms with Gasteiger partial charge in [-0.1, -0.05) is 18.2 Å². The maximum Gasteiger partial charge on any atom is 0.407 e. The number of benzene rings is 1. The van der Waals surface area contributed by atoms with Gasteiger partial charge in [0.1, 0.15) is 0 Å². The highest BCUT2D eigenvalue weighted by molar-refractivity contribution is 5.94. The molecule has 94 valence electrons. The Hall–Kier alpha value is -2.04. The van der Waals surface area contributed by atoms with Gasteiger partial charge in [-0.05, 0) is 12.1 Å². The van der Waals surface area contributed by atoms with E-state index in [1.165, 1.54) is 4.90 Å². The molecule has 0 saturated carbocycles. The van der Waals surface area contributed by atoms with Crippen molar-refractivity contribution in [3.63, 3.8) is 0 Å². The second kappa shape index (κ2) is 3.73. The largest absolute Gasteiger partial charge is 0.465 e. The van der Waals surface area contributed by atoms with Gasteiger partial charge >= 0.3 is 6.09 Å². The molecule has 5 nitrogen and oxygen atoms in total. The van der Waals surface area contributed by atoms with Crippen LogP contribution in [0.5, 0.6) is 0 Å². The van der Waals surface area contributed by atoms with Crippen molar-refractivity contribution in [1.29, 1.82) is 0 Å². The Morgan fingerprint density at radius 3 is 2.11 bits per heavy atom. The van der Waals surface area contributed by atoms with Crippen LogP contribution in [-0.4, -0.2) is 53.1 Å². The lowest BCUT2D eigenvalue weighted by atomic mass is 9.73. The summed E-state index contributed by atoms with van der Waals surface area (Å²) in [5, 5.41) is 8.78. The zero-order valence-corrected chi connectivity index (χ0v) is 9.87. The van der Waals surface area contributed by atoms with Crippen molar-refractivity contribution >= 4 is 12.0 Å². The number of nitrogens with zero attached hydrogens (tertiary/aromatic N) is 2. The fourth-order valence-corrected chi connectivity index (χ4v) is 2.77. The van der Waals surface area contributed by atoms with Gasteiger partial charge in [0.15, 0.2) is 0 Å². The third-order valence-corrected chi connectivity index (χ3v) is 3.68. The summed E-state index contributed by atoms with van der Waals surface area (Å²) in [5.41, 5.74) is 0.727. The van der Waals surface area contributed by atoms with Crippen molar-refractivity contribution in [3.8, 4) is 0 Å². The van der Waals surface area contributed by atoms with E-state index in [0.717, 1.165) is 0 Å². The molecule has 2 saturated heterocycles. The smallest absolute Gasteiger partial charge is 0.407 e. The van der Waals surface area contributed by atoms with Crippen molar-refractivity contribution < 1.29 is 14.7 Å². The lowest BCUT2D eigenvalue weighted by Gasteiger charge is -2.59. The van der Waals surface area contributed by atoms with Gasteiger partial charge in [0, 0.05) is 37.2 Å². The summed E-state index contributed by atoms with van der Waals surface area (Å²) in [6.07, 6.45) is -0.867. The molecule has 2 amide bonds. The van der Waals surface area contributed by atoms with E-state index in [-0.39, 0.29) is 11.3 Å². The van der Waals surface area contributed by atoms with E-state index in [1.807, 2.05) is 18.2 Å². The molecular formula is C13H14N2O3. The van der Waals surface area contributed by atoms with E-state index in [4.69, 9.17) is 5.11 Å². The summed E-state index contributed by atoms with van der Waals surface area (Å²) in [6.45, 7) is 2.46. The molecule has 2 aliphatic heterocycles. The van der Waals surface area contributed by atoms with Crippen LogP contribution in [0.1, 0.15) is 10.4 Å². The molecule has 0 radical (unpaired) electrons. The monoisotopic (exact) mass is 246 g/mol. The summed E-state index contributed by atoms with van der Waals surface area (Å²) in [6, 6.07) is 9.18. The summed E-state index contributed by atoms with van der Waals surface area (Å²) in [4.78, 5) is 25.9. The van der Waals surface area contributed by atoms with Crippen LogP contribution in [0.25, 0.3) is 0 Å². The lowest BCUT2D eigenvalue weighted by Crippen LogP contribution is -2.73. The summed E-state index contributed by atoms with van der Waals surface area (Å²) in [5.74, 6) is 0.0370. The van der Waals surface area contributed by atoms with Crippen LogP contribution in [0.15, 0.2) is 30.3 Å². The van der Waals surface area contributed by atoms with Gasteiger partial charge < -0.3 is 14.9 Å². The third kappa shape index (κ3) is 1.63. The maximum atomic E-state index is 12.1. The third-order valence-electron chi connectivity index (χ3n) is 3.68. The quantitative estimate of drug-likeness (QED) is 0.807. The van der Waals surface area contributed by atoms with Gasteiger partial charge in [-0.25, -0.2) is 4.79 Å². The number of carboxylic acid groups (broad SMARTS) is 1. The number of amides is 2. The van der Waals surface area contributed by atoms with Crippen LogP contribution >= 0.6 is 0 Å². The number of carbonyl (C=O) groups excluding carboxylic acids is 1. The minimum atomic E-state index is -0.867. The number of hydrogen-bond acceptors (Lipinski definition) is 2. The lowest BCUT2D eigenvalue weighted by molar-refractivity contribution is -0.0852. The first-order valence-electron chi connectivity index (χ1n) is 5.92. The summed E-state index contributed by atoms with van der Waals surface area (Å²) < 4.78 is 0. The van der Waals surface area contributed by atoms with Crippen molar-refractivity contribution in [1.82, 2.24) is 9.80 Å². The zero-order chi connectivity index (χ0) is 12.8. The molecule has 18 heavy (non-hydrogen) atoms. The molecule has 1 aromatic rings. The second-order valence-corrected chi connectivity index (χ2v) is 5.17. The van der Waals surface area contributed by atoms with Crippen LogP contribution in [0, 0.1) is 5.41 Å². The van der Waals surface area contributed by atoms with Gasteiger partial charge in [-0.2, -0.15) is 0 Å². The highest BCUT2D eigenvalue weighted by Gasteiger charge is 2.54. The van der Waals surface area contributed by atoms with E-state index in [1.54, 1.807) is 17.0 Å². The molecule has 0 bridgehead atoms. The summed E-state index contributed by atoms with van der Waals surface area (Å²) in [7, 11) is 0. The Labute approximate surface area is 105 Å². The number of rotatable bonds is 1. The molecule has 0 aromatic heterocycles. The standard InChI is InChI=1S/C13H14N2O3/c16-11(10-4-2-1-3-5-10)14-6-13(7-14)8-15(9-13)12(17)18/h1-5H,6-9H2,(H,17,18). The molecule has 1 spiro atoms. The molecule has 1 N–H and O–H groups in total. The van der Waals surface area contributed by atoms with Crippen LogP contribution < -0.4 is 0 Å². The molecule has 3 rings (SSSR count). The Morgan fingerprint density at radius 2 is 1.56 bits per heavy atom. The fraction of sp³-hybridized carbons (Fsp3) is 0.385. The average Bonchev–Trinajstić information content (AvgIpc) is 2.25. The molecule has 2 aliphatic rings. The maximum absolute atomic E-state index is 12.1. The van der Waals surface area contributed by atoms with Gasteiger partial charge in [-0.3, -0.25) is 4.79 Å². The predicted octanol–water partition coefficient (Wildman–Crippen LogP) is 1.12. The van der Waals surface area contributed by atoms with Gasteiger partial charge in [0.25, 0.3) is 5.91 Å². The molecular weight excluding hydrogens is 232 g/mol. The molecule has 0 unspecified atom stereocenters. The van der Waals surface area contributed by atoms with Crippen LogP contribution in [0.4, 0.5) is 4.79 Å². The van der Waals surface area contributed by atoms with Crippen molar-refractivity contribution in [2.45, 2.75) is 0 Å². The van der Waals surface area contributed by atoms with E-state index in [2.05, 4.69) is 0 Å². The SMILES string of the molecule is O=C(O)N1CC2(C1)CN(C(=O)c1ccccc1)C2. The summed E-state index contributed by atoms with van der Waals surface area (Å²) >= 11 is 0. The van der Waals surface area contributed by atoms with Gasteiger partial charge in [0.2, 0.25) is 0 Å². The number of carbonyl (C=O) groups is 2. The van der Waals surface area contributed by atoms with E-state index >= 15 is 0 Å². The van der Waals surface area contributed by atoms with E-state index in [9.17, 15) is 9.59 Å². The molecule has 0 aliphatic carbocycles. The Kier molecular flexibility index (Phi) is 2.29. The first kappa shape index (κ1) is 11.1. The minimum absolute atomic E-state index is 0.0306. The first-order chi connectivity index (χ1) is 8.60. The van der Waals surface area contributed by atoms with Crippen LogP contribution in [-0.2, 0) is 0 Å². The molecule has 2 heterocycles. The van der Waals surface area contributed by atoms with Gasteiger partial charge in [0.05, 0.1) is 0 Å². The fourth-order valence-electron chi connectivity index (χ4n) is 2.77. The Balaban J connectivity index is 1.58. The molecule has 1 aromatic carbocycles. The Bertz CT molecular complexity index is 486. The zero-order valence-electron chi connectivity index (χ0n) is 9.87. The first-order valence-corrected chi connectivity index (χ1v) is 5.92. The van der Waals surface area contributed by atoms with E-state index in [0.29, 0.717) is 31.7 Å². The van der Waals surface area contributed by atoms with Gasteiger partial charge in [-0.15, -0.1) is 0 Å². The predicted molar refractivity (Wildman–Crippen MR) is 64.4 cm³/mol. The van der Waals surface area contributed by atoms with Crippen molar-refractivity contribution in [2.75, 3.05) is 26.2 Å². The van der Waals surface area contributed by atoms with Crippen LogP contribution in [0.3, 0.4) is 0 Å². The number of likely N-dealkylation sites (tertiary alicyclic amines) is 2. The van der Waals surface area contributed by atoms with Crippen molar-refractivity contribution in [2.24, 2.45) is 5.41 Å². The second-order valence-electron chi connectivity index (χ2n) is 5.17. The highest BCUT2D eigenvalue weighted by Crippen LogP contribution is 2.40.